The van der Waals surface area contributed by atoms with Gasteiger partial charge in [0.05, 0.1) is 4.88 Å². The molecule has 2 nitrogen and oxygen atoms in total. The highest BCUT2D eigenvalue weighted by Gasteiger charge is 2.21. The Morgan fingerprint density at radius 3 is 2.26 bits per heavy atom. The van der Waals surface area contributed by atoms with Crippen LogP contribution in [0.2, 0.25) is 0 Å². The van der Waals surface area contributed by atoms with Crippen molar-refractivity contribution in [1.29, 1.82) is 0 Å². The van der Waals surface area contributed by atoms with E-state index in [1.807, 2.05) is 53.9 Å². The van der Waals surface area contributed by atoms with Crippen molar-refractivity contribution in [3.63, 3.8) is 0 Å². The van der Waals surface area contributed by atoms with Crippen molar-refractivity contribution in [2.75, 3.05) is 0 Å². The lowest BCUT2D eigenvalue weighted by molar-refractivity contribution is 0.487. The molecule has 0 spiro atoms. The predicted molar refractivity (Wildman–Crippen MR) is 95.5 cm³/mol. The number of hydrogen-bond acceptors (Lipinski definition) is 3. The third-order valence-electron chi connectivity index (χ3n) is 3.70. The smallest absolute Gasteiger partial charge is 0.233 e. The molecule has 0 fully saturated rings. The number of aliphatic imine (C=N–C) groups is 1. The van der Waals surface area contributed by atoms with Crippen LogP contribution in [0.1, 0.15) is 22.0 Å². The Morgan fingerprint density at radius 1 is 0.826 bits per heavy atom. The number of rotatable bonds is 3. The quantitative estimate of drug-likeness (QED) is 0.641. The molecule has 0 saturated carbocycles. The van der Waals surface area contributed by atoms with E-state index in [0.29, 0.717) is 5.90 Å². The molecule has 112 valence electrons. The molecule has 1 aliphatic heterocycles. The molecule has 0 N–H and O–H groups in total. The minimum absolute atomic E-state index is 0.0303. The van der Waals surface area contributed by atoms with Gasteiger partial charge in [0.25, 0.3) is 0 Å². The van der Waals surface area contributed by atoms with Gasteiger partial charge in [-0.15, -0.1) is 11.3 Å². The minimum atomic E-state index is -0.0303. The molecule has 3 heteroatoms. The maximum absolute atomic E-state index is 6.09. The predicted octanol–water partition coefficient (Wildman–Crippen LogP) is 5.31. The fraction of sp³-hybridized carbons (Fsp3) is 0.0500. The summed E-state index contributed by atoms with van der Waals surface area (Å²) in [5, 5.41) is 2.04. The molecule has 0 amide bonds. The van der Waals surface area contributed by atoms with Gasteiger partial charge in [0.1, 0.15) is 11.8 Å². The van der Waals surface area contributed by atoms with Crippen LogP contribution in [-0.4, -0.2) is 5.90 Å². The van der Waals surface area contributed by atoms with Crippen molar-refractivity contribution in [3.8, 4) is 0 Å². The summed E-state index contributed by atoms with van der Waals surface area (Å²) in [6.45, 7) is 0. The summed E-state index contributed by atoms with van der Waals surface area (Å²) in [7, 11) is 0. The Morgan fingerprint density at radius 2 is 1.57 bits per heavy atom. The van der Waals surface area contributed by atoms with E-state index in [9.17, 15) is 0 Å². The lowest BCUT2D eigenvalue weighted by atomic mass is 10.0. The van der Waals surface area contributed by atoms with Crippen LogP contribution in [0.3, 0.4) is 0 Å². The molecule has 0 saturated heterocycles. The second-order valence-electron chi connectivity index (χ2n) is 5.27. The standard InChI is InChI=1S/C20H15NOS/c1-3-8-15(9-4-1)17-14-18(16-10-5-2-6-11-16)22-20(21-17)19-12-7-13-23-19/h1-14,17H. The van der Waals surface area contributed by atoms with Crippen LogP contribution in [0.15, 0.2) is 89.2 Å². The summed E-state index contributed by atoms with van der Waals surface area (Å²) in [6, 6.07) is 24.5. The molecule has 1 aliphatic rings. The van der Waals surface area contributed by atoms with Gasteiger partial charge >= 0.3 is 0 Å². The van der Waals surface area contributed by atoms with E-state index in [1.165, 1.54) is 5.56 Å². The van der Waals surface area contributed by atoms with Gasteiger partial charge in [0, 0.05) is 5.56 Å². The van der Waals surface area contributed by atoms with Crippen LogP contribution in [0.5, 0.6) is 0 Å². The van der Waals surface area contributed by atoms with Crippen molar-refractivity contribution in [2.45, 2.75) is 6.04 Å². The molecule has 2 aromatic carbocycles. The van der Waals surface area contributed by atoms with E-state index in [-0.39, 0.29) is 6.04 Å². The third kappa shape index (κ3) is 2.96. The highest BCUT2D eigenvalue weighted by molar-refractivity contribution is 7.12. The fourth-order valence-electron chi connectivity index (χ4n) is 2.56. The van der Waals surface area contributed by atoms with Gasteiger partial charge in [0.15, 0.2) is 0 Å². The Balaban J connectivity index is 1.78. The summed E-state index contributed by atoms with van der Waals surface area (Å²) in [6.07, 6.45) is 2.09. The van der Waals surface area contributed by atoms with Gasteiger partial charge < -0.3 is 4.74 Å². The van der Waals surface area contributed by atoms with Gasteiger partial charge in [-0.25, -0.2) is 4.99 Å². The molecule has 1 aromatic heterocycles. The number of thiophene rings is 1. The van der Waals surface area contributed by atoms with Crippen molar-refractivity contribution < 1.29 is 4.74 Å². The second kappa shape index (κ2) is 6.23. The summed E-state index contributed by atoms with van der Waals surface area (Å²) in [5.74, 6) is 1.55. The van der Waals surface area contributed by atoms with Crippen molar-refractivity contribution in [2.24, 2.45) is 4.99 Å². The summed E-state index contributed by atoms with van der Waals surface area (Å²) in [5.41, 5.74) is 2.23. The highest BCUT2D eigenvalue weighted by atomic mass is 32.1. The molecule has 2 heterocycles. The Hall–Kier alpha value is -2.65. The first kappa shape index (κ1) is 14.0. The van der Waals surface area contributed by atoms with E-state index in [4.69, 9.17) is 9.73 Å². The van der Waals surface area contributed by atoms with Crippen LogP contribution in [0.25, 0.3) is 5.76 Å². The van der Waals surface area contributed by atoms with Crippen molar-refractivity contribution >= 4 is 23.0 Å². The highest BCUT2D eigenvalue weighted by Crippen LogP contribution is 2.32. The van der Waals surface area contributed by atoms with E-state index < -0.39 is 0 Å². The molecule has 1 atom stereocenters. The molecule has 0 radical (unpaired) electrons. The summed E-state index contributed by atoms with van der Waals surface area (Å²) < 4.78 is 6.09. The molecule has 0 aliphatic carbocycles. The average molecular weight is 317 g/mol. The van der Waals surface area contributed by atoms with Crippen LogP contribution < -0.4 is 0 Å². The van der Waals surface area contributed by atoms with Gasteiger partial charge in [0.2, 0.25) is 5.90 Å². The first-order chi connectivity index (χ1) is 11.4. The van der Waals surface area contributed by atoms with Crippen LogP contribution in [0.4, 0.5) is 0 Å². The van der Waals surface area contributed by atoms with E-state index in [1.54, 1.807) is 11.3 Å². The molecule has 1 unspecified atom stereocenters. The lowest BCUT2D eigenvalue weighted by Gasteiger charge is -2.21. The average Bonchev–Trinajstić information content (AvgIpc) is 3.18. The van der Waals surface area contributed by atoms with Gasteiger partial charge in [-0.3, -0.25) is 0 Å². The van der Waals surface area contributed by atoms with Crippen molar-refractivity contribution in [3.05, 3.63) is 100 Å². The molecule has 23 heavy (non-hydrogen) atoms. The zero-order valence-corrected chi connectivity index (χ0v) is 13.2. The molecular weight excluding hydrogens is 302 g/mol. The van der Waals surface area contributed by atoms with Crippen LogP contribution in [-0.2, 0) is 4.74 Å². The Labute approximate surface area is 139 Å². The van der Waals surface area contributed by atoms with Crippen molar-refractivity contribution in [1.82, 2.24) is 0 Å². The van der Waals surface area contributed by atoms with Gasteiger partial charge in [-0.05, 0) is 23.1 Å². The maximum Gasteiger partial charge on any atom is 0.233 e. The van der Waals surface area contributed by atoms with Gasteiger partial charge in [-0.1, -0.05) is 66.7 Å². The summed E-state index contributed by atoms with van der Waals surface area (Å²) in [4.78, 5) is 5.85. The second-order valence-corrected chi connectivity index (χ2v) is 6.21. The third-order valence-corrected chi connectivity index (χ3v) is 4.56. The first-order valence-electron chi connectivity index (χ1n) is 7.52. The Kier molecular flexibility index (Phi) is 3.78. The SMILES string of the molecule is C1=C(c2ccccc2)OC(c2cccs2)=NC1c1ccccc1. The number of nitrogens with zero attached hydrogens (tertiary/aromatic N) is 1. The molecule has 4 rings (SSSR count). The zero-order valence-electron chi connectivity index (χ0n) is 12.4. The number of benzene rings is 2. The van der Waals surface area contributed by atoms with E-state index in [0.717, 1.165) is 16.2 Å². The minimum Gasteiger partial charge on any atom is -0.438 e. The number of ether oxygens (including phenoxy) is 1. The summed E-state index contributed by atoms with van der Waals surface area (Å²) >= 11 is 1.64. The molecule has 0 bridgehead atoms. The van der Waals surface area contributed by atoms with Gasteiger partial charge in [-0.2, -0.15) is 0 Å². The van der Waals surface area contributed by atoms with E-state index >= 15 is 0 Å². The normalized spacial score (nSPS) is 17.1. The number of hydrogen-bond donors (Lipinski definition) is 0. The molecular formula is C20H15NOS. The topological polar surface area (TPSA) is 21.6 Å². The monoisotopic (exact) mass is 317 g/mol. The zero-order chi connectivity index (χ0) is 15.5. The van der Waals surface area contributed by atoms with Crippen LogP contribution >= 0.6 is 11.3 Å². The maximum atomic E-state index is 6.09. The van der Waals surface area contributed by atoms with E-state index in [2.05, 4.69) is 30.3 Å². The first-order valence-corrected chi connectivity index (χ1v) is 8.40. The van der Waals surface area contributed by atoms with Crippen LogP contribution in [0, 0.1) is 0 Å². The fourth-order valence-corrected chi connectivity index (χ4v) is 3.22. The molecule has 3 aromatic rings. The lowest BCUT2D eigenvalue weighted by Crippen LogP contribution is -2.12. The largest absolute Gasteiger partial charge is 0.438 e. The Bertz CT molecular complexity index is 836.